The van der Waals surface area contributed by atoms with Crippen molar-refractivity contribution >= 4 is 5.91 Å². The summed E-state index contributed by atoms with van der Waals surface area (Å²) in [5.41, 5.74) is 5.78. The highest BCUT2D eigenvalue weighted by molar-refractivity contribution is 5.78. The topological polar surface area (TPSA) is 58.4 Å². The zero-order valence-electron chi connectivity index (χ0n) is 9.83. The van der Waals surface area contributed by atoms with Crippen LogP contribution in [0.2, 0.25) is 0 Å². The molecule has 88 valence electrons. The number of hydrogen-bond donors (Lipinski definition) is 2. The summed E-state index contributed by atoms with van der Waals surface area (Å²) >= 11 is 0. The number of nitrogens with one attached hydrogen (secondary N) is 1. The van der Waals surface area contributed by atoms with Gasteiger partial charge in [-0.1, -0.05) is 13.8 Å². The zero-order valence-corrected chi connectivity index (χ0v) is 9.83. The fourth-order valence-corrected chi connectivity index (χ4v) is 1.98. The SMILES string of the molecule is CCC(CC)NC(=O)CN1CC[C@H](N)C1. The highest BCUT2D eigenvalue weighted by Gasteiger charge is 2.21. The summed E-state index contributed by atoms with van der Waals surface area (Å²) in [5.74, 6) is 0.137. The normalized spacial score (nSPS) is 22.3. The number of nitrogens with two attached hydrogens (primary N) is 1. The Morgan fingerprint density at radius 1 is 1.53 bits per heavy atom. The Hall–Kier alpha value is -0.610. The number of nitrogens with zero attached hydrogens (tertiary/aromatic N) is 1. The van der Waals surface area contributed by atoms with Crippen molar-refractivity contribution < 1.29 is 4.79 Å². The van der Waals surface area contributed by atoms with E-state index in [4.69, 9.17) is 5.73 Å². The first-order valence-corrected chi connectivity index (χ1v) is 5.93. The van der Waals surface area contributed by atoms with Gasteiger partial charge in [0.1, 0.15) is 0 Å². The average Bonchev–Trinajstić information content (AvgIpc) is 2.60. The lowest BCUT2D eigenvalue weighted by atomic mass is 10.2. The Kier molecular flexibility index (Phi) is 5.05. The summed E-state index contributed by atoms with van der Waals surface area (Å²) in [6, 6.07) is 0.583. The van der Waals surface area contributed by atoms with Crippen LogP contribution in [0.1, 0.15) is 33.1 Å². The molecule has 1 atom stereocenters. The van der Waals surface area contributed by atoms with Crippen LogP contribution in [0.15, 0.2) is 0 Å². The summed E-state index contributed by atoms with van der Waals surface area (Å²) < 4.78 is 0. The summed E-state index contributed by atoms with van der Waals surface area (Å²) in [6.45, 7) is 6.51. The maximum absolute atomic E-state index is 11.6. The van der Waals surface area contributed by atoms with Gasteiger partial charge in [-0.05, 0) is 19.3 Å². The molecule has 0 spiro atoms. The third-order valence-corrected chi connectivity index (χ3v) is 3.03. The van der Waals surface area contributed by atoms with Gasteiger partial charge >= 0.3 is 0 Å². The number of carbonyl (C=O) groups excluding carboxylic acids is 1. The number of hydrogen-bond acceptors (Lipinski definition) is 3. The van der Waals surface area contributed by atoms with Gasteiger partial charge in [0.05, 0.1) is 6.54 Å². The minimum atomic E-state index is 0.137. The third kappa shape index (κ3) is 4.18. The van der Waals surface area contributed by atoms with Crippen molar-refractivity contribution in [3.63, 3.8) is 0 Å². The Labute approximate surface area is 92.2 Å². The first kappa shape index (κ1) is 12.5. The van der Waals surface area contributed by atoms with Gasteiger partial charge < -0.3 is 11.1 Å². The molecule has 3 N–H and O–H groups in total. The molecule has 4 heteroatoms. The molecule has 1 fully saturated rings. The van der Waals surface area contributed by atoms with Crippen LogP contribution in [-0.2, 0) is 4.79 Å². The first-order chi connectivity index (χ1) is 7.15. The van der Waals surface area contributed by atoms with E-state index in [2.05, 4.69) is 24.1 Å². The molecular weight excluding hydrogens is 190 g/mol. The summed E-state index contributed by atoms with van der Waals surface area (Å²) in [7, 11) is 0. The Morgan fingerprint density at radius 3 is 2.67 bits per heavy atom. The predicted octanol–water partition coefficient (Wildman–Crippen LogP) is 0.324. The molecule has 1 rings (SSSR count). The monoisotopic (exact) mass is 213 g/mol. The van der Waals surface area contributed by atoms with Gasteiger partial charge in [0.25, 0.3) is 0 Å². The predicted molar refractivity (Wildman–Crippen MR) is 61.5 cm³/mol. The van der Waals surface area contributed by atoms with Crippen LogP contribution < -0.4 is 11.1 Å². The van der Waals surface area contributed by atoms with Crippen LogP contribution in [0, 0.1) is 0 Å². The van der Waals surface area contributed by atoms with Crippen LogP contribution in [0.4, 0.5) is 0 Å². The van der Waals surface area contributed by atoms with Crippen molar-refractivity contribution in [2.24, 2.45) is 5.73 Å². The van der Waals surface area contributed by atoms with Gasteiger partial charge in [0.2, 0.25) is 5.91 Å². The van der Waals surface area contributed by atoms with E-state index in [9.17, 15) is 4.79 Å². The fourth-order valence-electron chi connectivity index (χ4n) is 1.98. The minimum absolute atomic E-state index is 0.137. The van der Waals surface area contributed by atoms with Crippen molar-refractivity contribution in [1.82, 2.24) is 10.2 Å². The lowest BCUT2D eigenvalue weighted by Gasteiger charge is -2.18. The number of likely N-dealkylation sites (tertiary alicyclic amines) is 1. The number of amides is 1. The molecule has 1 amide bonds. The number of rotatable bonds is 5. The fraction of sp³-hybridized carbons (Fsp3) is 0.909. The van der Waals surface area contributed by atoms with Crippen molar-refractivity contribution in [3.8, 4) is 0 Å². The Morgan fingerprint density at radius 2 is 2.20 bits per heavy atom. The molecule has 1 heterocycles. The van der Waals surface area contributed by atoms with Crippen molar-refractivity contribution in [2.75, 3.05) is 19.6 Å². The maximum atomic E-state index is 11.6. The summed E-state index contributed by atoms with van der Waals surface area (Å²) in [6.07, 6.45) is 3.02. The van der Waals surface area contributed by atoms with Crippen LogP contribution in [0.5, 0.6) is 0 Å². The van der Waals surface area contributed by atoms with E-state index in [1.54, 1.807) is 0 Å². The van der Waals surface area contributed by atoms with Crippen LogP contribution in [0.3, 0.4) is 0 Å². The van der Waals surface area contributed by atoms with Crippen LogP contribution in [0.25, 0.3) is 0 Å². The van der Waals surface area contributed by atoms with Crippen molar-refractivity contribution in [3.05, 3.63) is 0 Å². The van der Waals surface area contributed by atoms with Gasteiger partial charge in [-0.3, -0.25) is 9.69 Å². The van der Waals surface area contributed by atoms with Crippen LogP contribution >= 0.6 is 0 Å². The molecule has 0 bridgehead atoms. The van der Waals surface area contributed by atoms with Gasteiger partial charge in [-0.2, -0.15) is 0 Å². The first-order valence-electron chi connectivity index (χ1n) is 5.93. The molecule has 0 aromatic heterocycles. The van der Waals surface area contributed by atoms with E-state index in [1.165, 1.54) is 0 Å². The molecule has 4 nitrogen and oxygen atoms in total. The van der Waals surface area contributed by atoms with Gasteiger partial charge in [0, 0.05) is 25.2 Å². The third-order valence-electron chi connectivity index (χ3n) is 3.03. The second-order valence-corrected chi connectivity index (χ2v) is 4.36. The highest BCUT2D eigenvalue weighted by Crippen LogP contribution is 2.06. The molecule has 0 unspecified atom stereocenters. The van der Waals surface area contributed by atoms with E-state index in [0.717, 1.165) is 32.4 Å². The van der Waals surface area contributed by atoms with Gasteiger partial charge in [-0.15, -0.1) is 0 Å². The minimum Gasteiger partial charge on any atom is -0.352 e. The summed E-state index contributed by atoms with van der Waals surface area (Å²) in [5, 5.41) is 3.04. The van der Waals surface area contributed by atoms with Crippen LogP contribution in [-0.4, -0.2) is 42.5 Å². The second kappa shape index (κ2) is 6.08. The molecule has 15 heavy (non-hydrogen) atoms. The van der Waals surface area contributed by atoms with Gasteiger partial charge in [0.15, 0.2) is 0 Å². The Bertz CT molecular complexity index is 204. The molecule has 0 aliphatic carbocycles. The van der Waals surface area contributed by atoms with Crippen molar-refractivity contribution in [2.45, 2.75) is 45.2 Å². The molecule has 0 saturated carbocycles. The van der Waals surface area contributed by atoms with Crippen molar-refractivity contribution in [1.29, 1.82) is 0 Å². The highest BCUT2D eigenvalue weighted by atomic mass is 16.2. The van der Waals surface area contributed by atoms with E-state index >= 15 is 0 Å². The second-order valence-electron chi connectivity index (χ2n) is 4.36. The van der Waals surface area contributed by atoms with E-state index in [-0.39, 0.29) is 11.9 Å². The van der Waals surface area contributed by atoms with E-state index in [1.807, 2.05) is 0 Å². The largest absolute Gasteiger partial charge is 0.352 e. The molecule has 0 radical (unpaired) electrons. The molecule has 1 saturated heterocycles. The smallest absolute Gasteiger partial charge is 0.234 e. The van der Waals surface area contributed by atoms with E-state index in [0.29, 0.717) is 12.6 Å². The lowest BCUT2D eigenvalue weighted by Crippen LogP contribution is -2.41. The van der Waals surface area contributed by atoms with Gasteiger partial charge in [-0.25, -0.2) is 0 Å². The standard InChI is InChI=1S/C11H23N3O/c1-3-10(4-2)13-11(15)8-14-6-5-9(12)7-14/h9-10H,3-8,12H2,1-2H3,(H,13,15)/t9-/m0/s1. The Balaban J connectivity index is 2.23. The quantitative estimate of drug-likeness (QED) is 0.691. The molecular formula is C11H23N3O. The summed E-state index contributed by atoms with van der Waals surface area (Å²) in [4.78, 5) is 13.8. The molecule has 0 aromatic rings. The lowest BCUT2D eigenvalue weighted by molar-refractivity contribution is -0.122. The number of carbonyl (C=O) groups is 1. The zero-order chi connectivity index (χ0) is 11.3. The van der Waals surface area contributed by atoms with E-state index < -0.39 is 0 Å². The average molecular weight is 213 g/mol. The molecule has 1 aliphatic heterocycles. The maximum Gasteiger partial charge on any atom is 0.234 e. The molecule has 1 aliphatic rings. The molecule has 0 aromatic carbocycles.